The van der Waals surface area contributed by atoms with Crippen LogP contribution in [0.5, 0.6) is 23.0 Å². The summed E-state index contributed by atoms with van der Waals surface area (Å²) in [5.74, 6) is -0.216. The second-order valence-corrected chi connectivity index (χ2v) is 7.64. The number of carbonyl (C=O) groups excluding carboxylic acids is 2. The topological polar surface area (TPSA) is 131 Å². The van der Waals surface area contributed by atoms with Crippen LogP contribution in [0.3, 0.4) is 0 Å². The van der Waals surface area contributed by atoms with Crippen LogP contribution in [-0.4, -0.2) is 35.2 Å². The monoisotopic (exact) mass is 432 g/mol. The Labute approximate surface area is 183 Å². The lowest BCUT2D eigenvalue weighted by atomic mass is 9.77. The molecular weight excluding hydrogens is 412 g/mol. The lowest BCUT2D eigenvalue weighted by Gasteiger charge is -2.37. The van der Waals surface area contributed by atoms with Gasteiger partial charge in [-0.15, -0.1) is 0 Å². The number of ether oxygens (including phenoxy) is 2. The third kappa shape index (κ3) is 2.80. The molecule has 1 spiro atoms. The van der Waals surface area contributed by atoms with E-state index in [1.165, 1.54) is 18.2 Å². The van der Waals surface area contributed by atoms with Crippen molar-refractivity contribution in [3.8, 4) is 23.0 Å². The number of nitrogens with one attached hydrogen (secondary N) is 1. The fraction of sp³-hybridized carbons (Fsp3) is 0.167. The molecule has 8 nitrogen and oxygen atoms in total. The summed E-state index contributed by atoms with van der Waals surface area (Å²) in [7, 11) is 0. The number of amides is 1. The van der Waals surface area contributed by atoms with Crippen molar-refractivity contribution in [1.29, 1.82) is 0 Å². The van der Waals surface area contributed by atoms with Gasteiger partial charge in [0.1, 0.15) is 23.0 Å². The zero-order valence-electron chi connectivity index (χ0n) is 16.9. The highest BCUT2D eigenvalue weighted by atomic mass is 16.6. The van der Waals surface area contributed by atoms with E-state index < -0.39 is 11.6 Å². The van der Waals surface area contributed by atoms with E-state index in [0.717, 1.165) is 0 Å². The highest BCUT2D eigenvalue weighted by Crippen LogP contribution is 2.58. The first-order valence-corrected chi connectivity index (χ1v) is 10.1. The summed E-state index contributed by atoms with van der Waals surface area (Å²) in [5.41, 5.74) is 6.67. The minimum absolute atomic E-state index is 0.0168. The minimum Gasteiger partial charge on any atom is -0.508 e. The largest absolute Gasteiger partial charge is 0.508 e. The maximum absolute atomic E-state index is 12.8. The summed E-state index contributed by atoms with van der Waals surface area (Å²) < 4.78 is 12.2. The van der Waals surface area contributed by atoms with Crippen LogP contribution >= 0.6 is 0 Å². The number of fused-ring (bicyclic) bond motifs is 6. The maximum atomic E-state index is 12.8. The highest BCUT2D eigenvalue weighted by Gasteiger charge is 2.54. The Morgan fingerprint density at radius 3 is 2.62 bits per heavy atom. The van der Waals surface area contributed by atoms with E-state index in [0.29, 0.717) is 39.3 Å². The zero-order valence-corrected chi connectivity index (χ0v) is 16.9. The molecule has 0 fully saturated rings. The molecule has 1 atom stereocenters. The van der Waals surface area contributed by atoms with E-state index in [9.17, 15) is 19.8 Å². The molecule has 1 amide bonds. The smallest absolute Gasteiger partial charge is 0.340 e. The van der Waals surface area contributed by atoms with Crippen molar-refractivity contribution in [2.45, 2.75) is 12.0 Å². The van der Waals surface area contributed by atoms with Crippen molar-refractivity contribution >= 4 is 11.9 Å². The highest BCUT2D eigenvalue weighted by molar-refractivity contribution is 5.97. The number of hydrogen-bond acceptors (Lipinski definition) is 7. The van der Waals surface area contributed by atoms with E-state index in [4.69, 9.17) is 15.2 Å². The van der Waals surface area contributed by atoms with Crippen molar-refractivity contribution in [1.82, 2.24) is 5.32 Å². The van der Waals surface area contributed by atoms with E-state index in [2.05, 4.69) is 5.32 Å². The fourth-order valence-electron chi connectivity index (χ4n) is 4.41. The summed E-state index contributed by atoms with van der Waals surface area (Å²) in [6.45, 7) is 0.0809. The van der Waals surface area contributed by atoms with Crippen LogP contribution in [0.1, 0.15) is 32.6 Å². The maximum Gasteiger partial charge on any atom is 0.340 e. The van der Waals surface area contributed by atoms with Gasteiger partial charge in [-0.3, -0.25) is 4.79 Å². The van der Waals surface area contributed by atoms with Crippen LogP contribution in [0.4, 0.5) is 0 Å². The number of rotatable bonds is 4. The van der Waals surface area contributed by atoms with Gasteiger partial charge in [-0.25, -0.2) is 4.79 Å². The molecular formula is C24H20N2O6. The Morgan fingerprint density at radius 2 is 1.81 bits per heavy atom. The first-order chi connectivity index (χ1) is 15.5. The van der Waals surface area contributed by atoms with Gasteiger partial charge in [-0.2, -0.15) is 0 Å². The lowest BCUT2D eigenvalue weighted by Crippen LogP contribution is -2.34. The standard InChI is InChI=1S/C24H20N2O6/c25-12-21(29)26-10-9-15-19(28)8-7-18-22(15)31-20-11-13(27)5-6-17(20)24(18)16-4-2-1-3-14(16)23(30)32-24/h1-8,11,27-28H,9-10,12,25H2,(H,26,29). The average molecular weight is 432 g/mol. The number of aromatic hydroxyl groups is 2. The summed E-state index contributed by atoms with van der Waals surface area (Å²) in [6, 6.07) is 14.9. The Hall–Kier alpha value is -4.04. The predicted octanol–water partition coefficient (Wildman–Crippen LogP) is 2.28. The third-order valence-electron chi connectivity index (χ3n) is 5.83. The molecule has 3 aromatic rings. The summed E-state index contributed by atoms with van der Waals surface area (Å²) in [5, 5.41) is 23.3. The molecule has 5 N–H and O–H groups in total. The molecule has 2 aliphatic heterocycles. The van der Waals surface area contributed by atoms with Gasteiger partial charge in [0.05, 0.1) is 12.1 Å². The van der Waals surface area contributed by atoms with E-state index >= 15 is 0 Å². The molecule has 5 rings (SSSR count). The summed E-state index contributed by atoms with van der Waals surface area (Å²) in [6.07, 6.45) is 0.251. The van der Waals surface area contributed by atoms with Gasteiger partial charge in [0, 0.05) is 34.9 Å². The molecule has 0 aromatic heterocycles. The van der Waals surface area contributed by atoms with Gasteiger partial charge in [-0.1, -0.05) is 18.2 Å². The van der Waals surface area contributed by atoms with Gasteiger partial charge >= 0.3 is 5.97 Å². The van der Waals surface area contributed by atoms with Crippen LogP contribution in [-0.2, 0) is 21.6 Å². The average Bonchev–Trinajstić information content (AvgIpc) is 3.08. The number of esters is 1. The molecule has 1 unspecified atom stereocenters. The second kappa shape index (κ2) is 7.28. The van der Waals surface area contributed by atoms with Crippen LogP contribution in [0.2, 0.25) is 0 Å². The summed E-state index contributed by atoms with van der Waals surface area (Å²) >= 11 is 0. The molecule has 0 bridgehead atoms. The number of nitrogens with two attached hydrogens (primary N) is 1. The first-order valence-electron chi connectivity index (χ1n) is 10.1. The van der Waals surface area contributed by atoms with Crippen LogP contribution in [0.25, 0.3) is 0 Å². The number of benzene rings is 3. The van der Waals surface area contributed by atoms with Gasteiger partial charge in [0.15, 0.2) is 5.60 Å². The molecule has 0 saturated carbocycles. The Balaban J connectivity index is 1.72. The molecule has 162 valence electrons. The zero-order chi connectivity index (χ0) is 22.5. The van der Waals surface area contributed by atoms with Crippen molar-refractivity contribution in [2.24, 2.45) is 5.73 Å². The number of phenols is 2. The molecule has 8 heteroatoms. The van der Waals surface area contributed by atoms with Gasteiger partial charge in [0.2, 0.25) is 5.91 Å². The lowest BCUT2D eigenvalue weighted by molar-refractivity contribution is -0.119. The van der Waals surface area contributed by atoms with E-state index in [-0.39, 0.29) is 36.9 Å². The normalized spacial score (nSPS) is 17.7. The molecule has 2 aliphatic rings. The summed E-state index contributed by atoms with van der Waals surface area (Å²) in [4.78, 5) is 24.4. The molecule has 0 radical (unpaired) electrons. The quantitative estimate of drug-likeness (QED) is 0.465. The van der Waals surface area contributed by atoms with Crippen molar-refractivity contribution < 1.29 is 29.3 Å². The third-order valence-corrected chi connectivity index (χ3v) is 5.83. The van der Waals surface area contributed by atoms with Crippen molar-refractivity contribution in [3.05, 3.63) is 82.4 Å². The van der Waals surface area contributed by atoms with Crippen LogP contribution in [0, 0.1) is 0 Å². The number of hydrogen-bond donors (Lipinski definition) is 4. The minimum atomic E-state index is -1.30. The van der Waals surface area contributed by atoms with E-state index in [1.54, 1.807) is 24.3 Å². The van der Waals surface area contributed by atoms with E-state index in [1.807, 2.05) is 12.1 Å². The first kappa shape index (κ1) is 19.9. The molecule has 0 saturated heterocycles. The second-order valence-electron chi connectivity index (χ2n) is 7.64. The van der Waals surface area contributed by atoms with Crippen LogP contribution < -0.4 is 15.8 Å². The van der Waals surface area contributed by atoms with Gasteiger partial charge in [-0.05, 0) is 36.8 Å². The SMILES string of the molecule is NCC(=O)NCCc1c(O)ccc2c1Oc1cc(O)ccc1C21OC(=O)c2ccccc21. The fourth-order valence-corrected chi connectivity index (χ4v) is 4.41. The number of phenolic OH excluding ortho intramolecular Hbond substituents is 2. The van der Waals surface area contributed by atoms with Crippen molar-refractivity contribution in [2.75, 3.05) is 13.1 Å². The van der Waals surface area contributed by atoms with Crippen LogP contribution in [0.15, 0.2) is 54.6 Å². The molecule has 32 heavy (non-hydrogen) atoms. The van der Waals surface area contributed by atoms with Gasteiger partial charge < -0.3 is 30.7 Å². The Bertz CT molecular complexity index is 1270. The Morgan fingerprint density at radius 1 is 1.03 bits per heavy atom. The predicted molar refractivity (Wildman–Crippen MR) is 114 cm³/mol. The molecule has 2 heterocycles. The Kier molecular flexibility index (Phi) is 4.53. The number of carbonyl (C=O) groups is 2. The van der Waals surface area contributed by atoms with Gasteiger partial charge in [0.25, 0.3) is 0 Å². The van der Waals surface area contributed by atoms with Crippen molar-refractivity contribution in [3.63, 3.8) is 0 Å². The molecule has 0 aliphatic carbocycles. The molecule has 3 aromatic carbocycles.